The predicted octanol–water partition coefficient (Wildman–Crippen LogP) is -0.132. The first kappa shape index (κ1) is 17.2. The summed E-state index contributed by atoms with van der Waals surface area (Å²) in [7, 11) is 1.60. The number of ether oxygens (including phenoxy) is 1. The molecule has 0 bridgehead atoms. The van der Waals surface area contributed by atoms with Crippen molar-refractivity contribution in [2.75, 3.05) is 46.4 Å². The second-order valence-corrected chi connectivity index (χ2v) is 5.14. The van der Waals surface area contributed by atoms with Gasteiger partial charge in [-0.15, -0.1) is 12.4 Å². The monoisotopic (exact) mass is 305 g/mol. The van der Waals surface area contributed by atoms with Crippen LogP contribution >= 0.6 is 12.4 Å². The molecule has 2 saturated heterocycles. The third kappa shape index (κ3) is 4.33. The molecule has 2 fully saturated rings. The molecule has 1 unspecified atom stereocenters. The number of likely N-dealkylation sites (tertiary alicyclic amines) is 1. The first-order chi connectivity index (χ1) is 9.22. The normalized spacial score (nSPS) is 23.4. The minimum absolute atomic E-state index is 0. The number of carbonyl (C=O) groups is 2. The third-order valence-corrected chi connectivity index (χ3v) is 3.84. The fraction of sp³-hybridized carbons (Fsp3) is 0.846. The highest BCUT2D eigenvalue weighted by molar-refractivity contribution is 5.85. The molecule has 0 spiro atoms. The maximum absolute atomic E-state index is 12.0. The van der Waals surface area contributed by atoms with E-state index in [2.05, 4.69) is 5.32 Å². The summed E-state index contributed by atoms with van der Waals surface area (Å²) in [5.74, 6) is 0.288. The highest BCUT2D eigenvalue weighted by Crippen LogP contribution is 2.17. The second-order valence-electron chi connectivity index (χ2n) is 5.14. The summed E-state index contributed by atoms with van der Waals surface area (Å²) in [6.07, 6.45) is 2.40. The van der Waals surface area contributed by atoms with E-state index in [1.165, 1.54) is 0 Å². The van der Waals surface area contributed by atoms with E-state index >= 15 is 0 Å². The lowest BCUT2D eigenvalue weighted by molar-refractivity contribution is -0.140. The maximum Gasteiger partial charge on any atom is 0.236 e. The number of hydrogen-bond donors (Lipinski definition) is 1. The summed E-state index contributed by atoms with van der Waals surface area (Å²) in [6, 6.07) is 0.190. The van der Waals surface area contributed by atoms with Gasteiger partial charge in [0, 0.05) is 39.3 Å². The van der Waals surface area contributed by atoms with E-state index in [1.807, 2.05) is 9.80 Å². The Kier molecular flexibility index (Phi) is 7.26. The van der Waals surface area contributed by atoms with Gasteiger partial charge in [-0.2, -0.15) is 0 Å². The number of methoxy groups -OCH3 is 1. The minimum atomic E-state index is 0. The Morgan fingerprint density at radius 1 is 1.45 bits per heavy atom. The van der Waals surface area contributed by atoms with Crippen LogP contribution in [0.25, 0.3) is 0 Å². The second kappa shape index (κ2) is 8.44. The van der Waals surface area contributed by atoms with Crippen LogP contribution in [-0.2, 0) is 14.3 Å². The van der Waals surface area contributed by atoms with Crippen LogP contribution in [0.4, 0.5) is 0 Å². The molecule has 20 heavy (non-hydrogen) atoms. The minimum Gasteiger partial charge on any atom is -0.384 e. The number of amides is 2. The van der Waals surface area contributed by atoms with Gasteiger partial charge in [-0.05, 0) is 12.8 Å². The summed E-state index contributed by atoms with van der Waals surface area (Å²) < 4.78 is 4.94. The van der Waals surface area contributed by atoms with Crippen LogP contribution in [0.3, 0.4) is 0 Å². The Labute approximate surface area is 126 Å². The highest BCUT2D eigenvalue weighted by Gasteiger charge is 2.31. The molecule has 7 heteroatoms. The zero-order valence-electron chi connectivity index (χ0n) is 12.0. The molecule has 2 aliphatic rings. The molecular formula is C13H24ClN3O3. The topological polar surface area (TPSA) is 61.9 Å². The van der Waals surface area contributed by atoms with Crippen molar-refractivity contribution in [3.05, 3.63) is 0 Å². The summed E-state index contributed by atoms with van der Waals surface area (Å²) in [5, 5.41) is 3.08. The molecule has 0 aliphatic carbocycles. The zero-order valence-corrected chi connectivity index (χ0v) is 12.8. The predicted molar refractivity (Wildman–Crippen MR) is 77.9 cm³/mol. The first-order valence-electron chi connectivity index (χ1n) is 6.99. The molecule has 6 nitrogen and oxygen atoms in total. The molecular weight excluding hydrogens is 282 g/mol. The number of nitrogens with one attached hydrogen (secondary N) is 1. The lowest BCUT2D eigenvalue weighted by Crippen LogP contribution is -2.57. The smallest absolute Gasteiger partial charge is 0.236 e. The van der Waals surface area contributed by atoms with Gasteiger partial charge in [0.2, 0.25) is 11.8 Å². The maximum atomic E-state index is 12.0. The van der Waals surface area contributed by atoms with Crippen molar-refractivity contribution in [3.63, 3.8) is 0 Å². The molecule has 2 rings (SSSR count). The number of nitrogens with zero attached hydrogens (tertiary/aromatic N) is 2. The quantitative estimate of drug-likeness (QED) is 0.786. The Morgan fingerprint density at radius 2 is 2.25 bits per heavy atom. The van der Waals surface area contributed by atoms with E-state index in [-0.39, 0.29) is 30.3 Å². The van der Waals surface area contributed by atoms with E-state index in [0.717, 1.165) is 32.5 Å². The fourth-order valence-corrected chi connectivity index (χ4v) is 2.79. The standard InChI is InChI=1S/C13H23N3O3.ClH/c1-19-8-4-12(17)15-6-2-3-11(10-15)16-7-5-14-9-13(16)18;/h11,14H,2-10H2,1H3;1H. The van der Waals surface area contributed by atoms with Crippen molar-refractivity contribution < 1.29 is 14.3 Å². The molecule has 1 N–H and O–H groups in total. The van der Waals surface area contributed by atoms with Gasteiger partial charge in [-0.25, -0.2) is 0 Å². The van der Waals surface area contributed by atoms with Gasteiger partial charge in [-0.3, -0.25) is 9.59 Å². The molecule has 2 aliphatic heterocycles. The largest absolute Gasteiger partial charge is 0.384 e. The van der Waals surface area contributed by atoms with Gasteiger partial charge in [-0.1, -0.05) is 0 Å². The number of rotatable bonds is 4. The SMILES string of the molecule is COCCC(=O)N1CCCC(N2CCNCC2=O)C1.Cl. The average Bonchev–Trinajstić information content (AvgIpc) is 2.45. The van der Waals surface area contributed by atoms with E-state index in [9.17, 15) is 9.59 Å². The average molecular weight is 306 g/mol. The van der Waals surface area contributed by atoms with Crippen LogP contribution < -0.4 is 5.32 Å². The van der Waals surface area contributed by atoms with Gasteiger partial charge in [0.25, 0.3) is 0 Å². The van der Waals surface area contributed by atoms with Crippen molar-refractivity contribution >= 4 is 24.2 Å². The molecule has 0 aromatic carbocycles. The summed E-state index contributed by atoms with van der Waals surface area (Å²) >= 11 is 0. The highest BCUT2D eigenvalue weighted by atomic mass is 35.5. The van der Waals surface area contributed by atoms with Crippen molar-refractivity contribution in [3.8, 4) is 0 Å². The van der Waals surface area contributed by atoms with Gasteiger partial charge >= 0.3 is 0 Å². The van der Waals surface area contributed by atoms with Crippen LogP contribution in [0.1, 0.15) is 19.3 Å². The molecule has 116 valence electrons. The Morgan fingerprint density at radius 3 is 2.95 bits per heavy atom. The van der Waals surface area contributed by atoms with Crippen molar-refractivity contribution in [1.29, 1.82) is 0 Å². The number of halogens is 1. The molecule has 0 saturated carbocycles. The fourth-order valence-electron chi connectivity index (χ4n) is 2.79. The summed E-state index contributed by atoms with van der Waals surface area (Å²) in [5.41, 5.74) is 0. The van der Waals surface area contributed by atoms with Crippen LogP contribution in [-0.4, -0.2) is 74.1 Å². The summed E-state index contributed by atoms with van der Waals surface area (Å²) in [6.45, 7) is 3.97. The molecule has 2 heterocycles. The van der Waals surface area contributed by atoms with Crippen LogP contribution in [0.15, 0.2) is 0 Å². The molecule has 2 amide bonds. The van der Waals surface area contributed by atoms with E-state index in [0.29, 0.717) is 26.1 Å². The van der Waals surface area contributed by atoms with Crippen LogP contribution in [0, 0.1) is 0 Å². The van der Waals surface area contributed by atoms with Gasteiger partial charge in [0.1, 0.15) is 0 Å². The van der Waals surface area contributed by atoms with Crippen LogP contribution in [0.2, 0.25) is 0 Å². The molecule has 1 atom stereocenters. The molecule has 0 aromatic heterocycles. The number of carbonyl (C=O) groups excluding carboxylic acids is 2. The van der Waals surface area contributed by atoms with E-state index in [4.69, 9.17) is 4.74 Å². The van der Waals surface area contributed by atoms with Crippen molar-refractivity contribution in [1.82, 2.24) is 15.1 Å². The van der Waals surface area contributed by atoms with Gasteiger partial charge in [0.05, 0.1) is 19.6 Å². The summed E-state index contributed by atoms with van der Waals surface area (Å²) in [4.78, 5) is 27.7. The Bertz CT molecular complexity index is 341. The number of piperazine rings is 1. The van der Waals surface area contributed by atoms with Gasteiger partial charge in [0.15, 0.2) is 0 Å². The number of piperidine rings is 1. The Balaban J connectivity index is 0.00000200. The van der Waals surface area contributed by atoms with Gasteiger partial charge < -0.3 is 19.9 Å². The Hall–Kier alpha value is -0.850. The van der Waals surface area contributed by atoms with Crippen molar-refractivity contribution in [2.45, 2.75) is 25.3 Å². The lowest BCUT2D eigenvalue weighted by Gasteiger charge is -2.41. The lowest BCUT2D eigenvalue weighted by atomic mass is 10.0. The third-order valence-electron chi connectivity index (χ3n) is 3.84. The van der Waals surface area contributed by atoms with E-state index < -0.39 is 0 Å². The molecule has 0 radical (unpaired) electrons. The van der Waals surface area contributed by atoms with Crippen LogP contribution in [0.5, 0.6) is 0 Å². The van der Waals surface area contributed by atoms with E-state index in [1.54, 1.807) is 7.11 Å². The zero-order chi connectivity index (χ0) is 13.7. The molecule has 0 aromatic rings. The van der Waals surface area contributed by atoms with Crippen molar-refractivity contribution in [2.24, 2.45) is 0 Å². The first-order valence-corrected chi connectivity index (χ1v) is 6.99. The number of hydrogen-bond acceptors (Lipinski definition) is 4.